The molecule has 0 amide bonds. The molecule has 2 N–H and O–H groups in total. The predicted molar refractivity (Wildman–Crippen MR) is 101 cm³/mol. The van der Waals surface area contributed by atoms with E-state index < -0.39 is 20.0 Å². The third kappa shape index (κ3) is 3.45. The maximum absolute atomic E-state index is 13.0. The Morgan fingerprint density at radius 2 is 1.26 bits per heavy atom. The van der Waals surface area contributed by atoms with Gasteiger partial charge in [0.05, 0.1) is 9.79 Å². The summed E-state index contributed by atoms with van der Waals surface area (Å²) in [6.07, 6.45) is 7.50. The number of hydrogen-bond donors (Lipinski definition) is 2. The summed E-state index contributed by atoms with van der Waals surface area (Å²) in [4.78, 5) is 0.0531. The normalized spacial score (nSPS) is 35.5. The van der Waals surface area contributed by atoms with Gasteiger partial charge in [0.1, 0.15) is 0 Å². The topological polar surface area (TPSA) is 92.3 Å². The zero-order chi connectivity index (χ0) is 18.8. The van der Waals surface area contributed by atoms with Gasteiger partial charge in [0, 0.05) is 12.1 Å². The van der Waals surface area contributed by atoms with Gasteiger partial charge in [-0.2, -0.15) is 0 Å². The third-order valence-electron chi connectivity index (χ3n) is 6.84. The molecule has 0 heterocycles. The predicted octanol–water partition coefficient (Wildman–Crippen LogP) is 2.23. The average molecular weight is 411 g/mol. The van der Waals surface area contributed by atoms with Crippen LogP contribution < -0.4 is 9.44 Å². The monoisotopic (exact) mass is 410 g/mol. The fraction of sp³-hybridized carbons (Fsp3) is 0.684. The summed E-state index contributed by atoms with van der Waals surface area (Å²) in [6.45, 7) is 0. The van der Waals surface area contributed by atoms with Gasteiger partial charge in [-0.05, 0) is 86.8 Å². The number of sulfonamides is 2. The highest BCUT2D eigenvalue weighted by molar-refractivity contribution is 7.90. The Morgan fingerprint density at radius 1 is 0.741 bits per heavy atom. The molecule has 0 aromatic heterocycles. The highest BCUT2D eigenvalue weighted by Gasteiger charge is 2.49. The summed E-state index contributed by atoms with van der Waals surface area (Å²) in [7, 11) is -7.41. The van der Waals surface area contributed by atoms with Crippen LogP contribution in [-0.2, 0) is 20.0 Å². The molecule has 0 radical (unpaired) electrons. The van der Waals surface area contributed by atoms with E-state index in [1.807, 2.05) is 0 Å². The van der Waals surface area contributed by atoms with Crippen molar-refractivity contribution >= 4 is 20.0 Å². The number of benzene rings is 1. The number of hydrogen-bond acceptors (Lipinski definition) is 4. The van der Waals surface area contributed by atoms with E-state index in [4.69, 9.17) is 0 Å². The summed E-state index contributed by atoms with van der Waals surface area (Å²) in [6, 6.07) is 5.70. The van der Waals surface area contributed by atoms with Crippen molar-refractivity contribution in [3.63, 3.8) is 0 Å². The van der Waals surface area contributed by atoms with Gasteiger partial charge in [-0.1, -0.05) is 6.07 Å². The number of rotatable bonds is 6. The Kier molecular flexibility index (Phi) is 4.20. The van der Waals surface area contributed by atoms with Crippen LogP contribution in [0.4, 0.5) is 0 Å². The van der Waals surface area contributed by atoms with Crippen LogP contribution in [0.2, 0.25) is 0 Å². The van der Waals surface area contributed by atoms with Crippen LogP contribution in [0.5, 0.6) is 0 Å². The summed E-state index contributed by atoms with van der Waals surface area (Å²) < 4.78 is 56.4. The summed E-state index contributed by atoms with van der Waals surface area (Å²) in [5, 5.41) is 0. The molecule has 6 rings (SSSR count). The van der Waals surface area contributed by atoms with Gasteiger partial charge in [0.15, 0.2) is 0 Å². The minimum atomic E-state index is -3.74. The maximum atomic E-state index is 13.0. The van der Waals surface area contributed by atoms with Crippen LogP contribution >= 0.6 is 0 Å². The average Bonchev–Trinajstić information content (AvgIpc) is 3.41. The molecule has 4 bridgehead atoms. The molecule has 5 fully saturated rings. The quantitative estimate of drug-likeness (QED) is 0.752. The van der Waals surface area contributed by atoms with E-state index in [9.17, 15) is 16.8 Å². The van der Waals surface area contributed by atoms with Crippen LogP contribution in [0.3, 0.4) is 0 Å². The fourth-order valence-electron chi connectivity index (χ4n) is 5.66. The lowest BCUT2D eigenvalue weighted by molar-refractivity contribution is -0.00557. The molecule has 5 aliphatic rings. The van der Waals surface area contributed by atoms with Crippen molar-refractivity contribution in [2.24, 2.45) is 23.7 Å². The minimum Gasteiger partial charge on any atom is -0.208 e. The molecular weight excluding hydrogens is 384 g/mol. The van der Waals surface area contributed by atoms with E-state index >= 15 is 0 Å². The van der Waals surface area contributed by atoms with E-state index in [0.717, 1.165) is 50.4 Å². The minimum absolute atomic E-state index is 0.00680. The highest BCUT2D eigenvalue weighted by atomic mass is 32.2. The zero-order valence-electron chi connectivity index (χ0n) is 15.2. The number of nitrogens with one attached hydrogen (secondary N) is 2. The lowest BCUT2D eigenvalue weighted by Gasteiger charge is -2.54. The smallest absolute Gasteiger partial charge is 0.208 e. The summed E-state index contributed by atoms with van der Waals surface area (Å²) >= 11 is 0. The van der Waals surface area contributed by atoms with E-state index in [-0.39, 0.29) is 21.9 Å². The largest absolute Gasteiger partial charge is 0.240 e. The standard InChI is InChI=1S/C19H26N2O4S2/c22-26(23,20-16-4-5-16)17-2-1-3-18(11-17)27(24,25)21-19-14-7-12-6-13(9-14)10-15(19)8-12/h1-3,11-16,19-21H,4-10H2. The van der Waals surface area contributed by atoms with E-state index in [1.54, 1.807) is 0 Å². The van der Waals surface area contributed by atoms with Gasteiger partial charge in [-0.25, -0.2) is 26.3 Å². The second-order valence-corrected chi connectivity index (χ2v) is 12.4. The maximum Gasteiger partial charge on any atom is 0.240 e. The van der Waals surface area contributed by atoms with Crippen LogP contribution in [0, 0.1) is 23.7 Å². The van der Waals surface area contributed by atoms with Crippen molar-refractivity contribution in [2.75, 3.05) is 0 Å². The Morgan fingerprint density at radius 3 is 1.78 bits per heavy atom. The zero-order valence-corrected chi connectivity index (χ0v) is 16.8. The Bertz CT molecular complexity index is 926. The second kappa shape index (κ2) is 6.27. The van der Waals surface area contributed by atoms with Crippen LogP contribution in [0.15, 0.2) is 34.1 Å². The summed E-state index contributed by atoms with van der Waals surface area (Å²) in [5.41, 5.74) is 0. The van der Waals surface area contributed by atoms with Crippen molar-refractivity contribution in [2.45, 2.75) is 66.8 Å². The first-order valence-corrected chi connectivity index (χ1v) is 12.9. The SMILES string of the molecule is O=S(=O)(NC1CC1)c1cccc(S(=O)(=O)NC2C3CC4CC(C3)CC2C4)c1. The molecule has 5 saturated carbocycles. The van der Waals surface area contributed by atoms with Crippen molar-refractivity contribution in [3.8, 4) is 0 Å². The van der Waals surface area contributed by atoms with Gasteiger partial charge in [0.2, 0.25) is 20.0 Å². The molecular formula is C19H26N2O4S2. The van der Waals surface area contributed by atoms with Gasteiger partial charge in [0.25, 0.3) is 0 Å². The van der Waals surface area contributed by atoms with Crippen molar-refractivity contribution in [1.29, 1.82) is 0 Å². The van der Waals surface area contributed by atoms with Crippen molar-refractivity contribution < 1.29 is 16.8 Å². The van der Waals surface area contributed by atoms with Gasteiger partial charge in [-0.15, -0.1) is 0 Å². The molecule has 6 nitrogen and oxygen atoms in total. The molecule has 1 aromatic rings. The van der Waals surface area contributed by atoms with Gasteiger partial charge >= 0.3 is 0 Å². The molecule has 8 heteroatoms. The molecule has 0 unspecified atom stereocenters. The molecule has 148 valence electrons. The first kappa shape index (κ1) is 18.1. The van der Waals surface area contributed by atoms with Crippen LogP contribution in [0.25, 0.3) is 0 Å². The molecule has 1 aromatic carbocycles. The van der Waals surface area contributed by atoms with E-state index in [2.05, 4.69) is 9.44 Å². The van der Waals surface area contributed by atoms with Crippen molar-refractivity contribution in [3.05, 3.63) is 24.3 Å². The first-order valence-electron chi connectivity index (χ1n) is 9.95. The van der Waals surface area contributed by atoms with Gasteiger partial charge < -0.3 is 0 Å². The lowest BCUT2D eigenvalue weighted by Crippen LogP contribution is -2.55. The molecule has 27 heavy (non-hydrogen) atoms. The second-order valence-electron chi connectivity index (χ2n) is 8.95. The van der Waals surface area contributed by atoms with Crippen LogP contribution in [0.1, 0.15) is 44.9 Å². The van der Waals surface area contributed by atoms with E-state index in [1.165, 1.54) is 30.7 Å². The highest BCUT2D eigenvalue weighted by Crippen LogP contribution is 2.53. The van der Waals surface area contributed by atoms with E-state index in [0.29, 0.717) is 11.8 Å². The third-order valence-corrected chi connectivity index (χ3v) is 9.82. The fourth-order valence-corrected chi connectivity index (χ4v) is 8.51. The molecule has 5 aliphatic carbocycles. The van der Waals surface area contributed by atoms with Crippen LogP contribution in [-0.4, -0.2) is 28.9 Å². The Hall–Kier alpha value is -0.960. The Labute approximate surface area is 161 Å². The van der Waals surface area contributed by atoms with Gasteiger partial charge in [-0.3, -0.25) is 0 Å². The first-order chi connectivity index (χ1) is 12.8. The molecule has 0 saturated heterocycles. The molecule has 0 aliphatic heterocycles. The molecule has 0 atom stereocenters. The Balaban J connectivity index is 1.38. The summed E-state index contributed by atoms with van der Waals surface area (Å²) in [5.74, 6) is 2.41. The lowest BCUT2D eigenvalue weighted by atomic mass is 9.54. The van der Waals surface area contributed by atoms with Crippen molar-refractivity contribution in [1.82, 2.24) is 9.44 Å². The molecule has 0 spiro atoms.